The van der Waals surface area contributed by atoms with Crippen LogP contribution in [0.1, 0.15) is 26.5 Å². The van der Waals surface area contributed by atoms with E-state index >= 15 is 0 Å². The van der Waals surface area contributed by atoms with Gasteiger partial charge < -0.3 is 17.2 Å². The predicted molar refractivity (Wildman–Crippen MR) is 108 cm³/mol. The van der Waals surface area contributed by atoms with Crippen molar-refractivity contribution >= 4 is 46.1 Å². The molecule has 1 aromatic heterocycles. The Morgan fingerprint density at radius 1 is 1.20 bits per heavy atom. The van der Waals surface area contributed by atoms with Crippen molar-refractivity contribution in [3.63, 3.8) is 0 Å². The molecule has 2 N–H and O–H groups in total. The van der Waals surface area contributed by atoms with E-state index in [2.05, 4.69) is 31.0 Å². The van der Waals surface area contributed by atoms with Crippen LogP contribution in [0.3, 0.4) is 0 Å². The molecule has 1 rings (SSSR count). The number of hydrogen-bond donors (Lipinski definition) is 2. The van der Waals surface area contributed by atoms with Crippen LogP contribution in [0.15, 0.2) is 38.5 Å². The Morgan fingerprint density at radius 2 is 1.88 bits per heavy atom. The summed E-state index contributed by atoms with van der Waals surface area (Å²) in [5, 5.41) is 9.89. The van der Waals surface area contributed by atoms with Crippen molar-refractivity contribution in [1.82, 2.24) is 15.4 Å². The Bertz CT molecular complexity index is 650. The Labute approximate surface area is 169 Å². The van der Waals surface area contributed by atoms with Crippen molar-refractivity contribution in [1.29, 1.82) is 0 Å². The van der Waals surface area contributed by atoms with Gasteiger partial charge in [-0.2, -0.15) is 10.2 Å². The monoisotopic (exact) mass is 429 g/mol. The van der Waals surface area contributed by atoms with Crippen LogP contribution in [0.4, 0.5) is 0 Å². The number of thioether (sulfide) groups is 1. The van der Waals surface area contributed by atoms with Gasteiger partial charge in [-0.15, -0.1) is 0 Å². The first-order valence-electron chi connectivity index (χ1n) is 7.59. The third-order valence-electron chi connectivity index (χ3n) is 2.91. The molecule has 0 bridgehead atoms. The van der Waals surface area contributed by atoms with E-state index in [1.165, 1.54) is 11.8 Å². The second kappa shape index (κ2) is 12.9. The summed E-state index contributed by atoms with van der Waals surface area (Å²) in [6, 6.07) is 3.92. The molecule has 0 amide bonds. The minimum atomic E-state index is 0. The molecule has 1 heterocycles. The Hall–Kier alpha value is -1.35. The van der Waals surface area contributed by atoms with Crippen LogP contribution >= 0.6 is 11.8 Å². The summed E-state index contributed by atoms with van der Waals surface area (Å²) in [5.74, 6) is 0. The van der Waals surface area contributed by atoms with E-state index in [0.29, 0.717) is 29.7 Å². The van der Waals surface area contributed by atoms with Gasteiger partial charge in [0.1, 0.15) is 5.71 Å². The Morgan fingerprint density at radius 3 is 2.40 bits per heavy atom. The van der Waals surface area contributed by atoms with Crippen LogP contribution in [0, 0.1) is 0 Å². The molecule has 0 atom stereocenters. The van der Waals surface area contributed by atoms with E-state index in [0.717, 1.165) is 10.9 Å². The molecule has 1 aromatic rings. The molecule has 0 saturated carbocycles. The zero-order valence-corrected chi connectivity index (χ0v) is 17.6. The van der Waals surface area contributed by atoms with E-state index in [1.807, 2.05) is 57.0 Å². The number of aryl methyl sites for hydroxylation is 1. The maximum atomic E-state index is 5.11. The normalized spacial score (nSPS) is 13.5. The molecule has 0 aliphatic heterocycles. The first-order valence-corrected chi connectivity index (χ1v) is 9.22. The summed E-state index contributed by atoms with van der Waals surface area (Å²) in [4.78, 5) is 8.42. The van der Waals surface area contributed by atoms with E-state index in [-0.39, 0.29) is 17.1 Å². The van der Waals surface area contributed by atoms with Crippen molar-refractivity contribution in [3.05, 3.63) is 24.0 Å². The third kappa shape index (κ3) is 8.04. The number of rotatable bonds is 6. The molecule has 0 unspecified atom stereocenters. The molecule has 142 valence electrons. The number of aromatic nitrogens is 1. The summed E-state index contributed by atoms with van der Waals surface area (Å²) >= 11 is 6.62. The van der Waals surface area contributed by atoms with Crippen molar-refractivity contribution in [2.24, 2.45) is 27.2 Å². The van der Waals surface area contributed by atoms with Gasteiger partial charge >= 0.3 is 17.1 Å². The van der Waals surface area contributed by atoms with Crippen molar-refractivity contribution in [2.75, 3.05) is 19.3 Å². The third-order valence-corrected chi connectivity index (χ3v) is 3.74. The van der Waals surface area contributed by atoms with Crippen LogP contribution in [0.2, 0.25) is 0 Å². The molecule has 0 aliphatic carbocycles. The van der Waals surface area contributed by atoms with E-state index in [9.17, 15) is 0 Å². The molecule has 0 saturated heterocycles. The summed E-state index contributed by atoms with van der Waals surface area (Å²) in [6.45, 7) is 7.09. The van der Waals surface area contributed by atoms with Gasteiger partial charge in [-0.3, -0.25) is 20.8 Å². The van der Waals surface area contributed by atoms with E-state index in [1.54, 1.807) is 0 Å². The number of aliphatic imine (C=N–C) groups is 2. The van der Waals surface area contributed by atoms with Crippen LogP contribution in [-0.4, -0.2) is 45.7 Å². The number of hydrazone groups is 2. The molecular weight excluding hydrogens is 406 g/mol. The van der Waals surface area contributed by atoms with Gasteiger partial charge in [0.15, 0.2) is 5.17 Å². The van der Waals surface area contributed by atoms with Crippen LogP contribution in [0.25, 0.3) is 0 Å². The fourth-order valence-electron chi connectivity index (χ4n) is 1.79. The SMILES string of the molecule is CCN=C([S-])N/N=C(/C(C)=N/NC(=NCC)SC)c1cccn1C.[Cu+]. The fourth-order valence-corrected chi connectivity index (χ4v) is 2.36. The maximum Gasteiger partial charge on any atom is 1.00 e. The van der Waals surface area contributed by atoms with E-state index < -0.39 is 0 Å². The molecule has 25 heavy (non-hydrogen) atoms. The quantitative estimate of drug-likeness (QED) is 0.238. The minimum Gasteiger partial charge on any atom is -0.741 e. The molecule has 10 heteroatoms. The number of nitrogens with one attached hydrogen (secondary N) is 2. The molecule has 0 fully saturated rings. The van der Waals surface area contributed by atoms with Crippen molar-refractivity contribution in [2.45, 2.75) is 20.8 Å². The second-order valence-electron chi connectivity index (χ2n) is 4.65. The van der Waals surface area contributed by atoms with Gasteiger partial charge in [0.25, 0.3) is 0 Å². The van der Waals surface area contributed by atoms with Crippen LogP contribution in [-0.2, 0) is 36.7 Å². The maximum absolute atomic E-state index is 5.11. The van der Waals surface area contributed by atoms with E-state index in [4.69, 9.17) is 12.6 Å². The van der Waals surface area contributed by atoms with Crippen molar-refractivity contribution in [3.8, 4) is 0 Å². The van der Waals surface area contributed by atoms with Gasteiger partial charge in [-0.05, 0) is 44.3 Å². The zero-order chi connectivity index (χ0) is 17.9. The Kier molecular flexibility index (Phi) is 12.2. The first-order chi connectivity index (χ1) is 11.5. The zero-order valence-electron chi connectivity index (χ0n) is 15.0. The minimum absolute atomic E-state index is 0. The molecule has 0 aromatic carbocycles. The van der Waals surface area contributed by atoms with Crippen LogP contribution < -0.4 is 10.9 Å². The first kappa shape index (κ1) is 23.6. The molecule has 0 radical (unpaired) electrons. The van der Waals surface area contributed by atoms with Gasteiger partial charge in [0.2, 0.25) is 0 Å². The summed E-state index contributed by atoms with van der Waals surface area (Å²) in [7, 11) is 1.95. The number of nitrogens with zero attached hydrogens (tertiary/aromatic N) is 5. The van der Waals surface area contributed by atoms with Gasteiger partial charge in [0, 0.05) is 26.3 Å². The van der Waals surface area contributed by atoms with Gasteiger partial charge in [-0.25, -0.2) is 0 Å². The summed E-state index contributed by atoms with van der Waals surface area (Å²) in [6.07, 6.45) is 3.90. The van der Waals surface area contributed by atoms with Gasteiger partial charge in [0.05, 0.1) is 11.4 Å². The predicted octanol–water partition coefficient (Wildman–Crippen LogP) is 1.94. The topological polar surface area (TPSA) is 78.4 Å². The smallest absolute Gasteiger partial charge is 0.741 e. The standard InChI is InChI=1S/C15H25N7S2.Cu/c1-6-16-14(23)20-19-13(12-9-8-10-22(12)4)11(3)18-21-15(24-5)17-7-2;/h8-10H,6-7H2,1-5H3,(H,17,21)(H2,16,20,23);/q;+1/p-1/b18-11+,19-13-;. The Balaban J connectivity index is 0.00000576. The number of amidine groups is 2. The average Bonchev–Trinajstić information content (AvgIpc) is 2.98. The van der Waals surface area contributed by atoms with Crippen molar-refractivity contribution < 1.29 is 17.1 Å². The summed E-state index contributed by atoms with van der Waals surface area (Å²) < 4.78 is 1.97. The molecular formula is C15H24CuN7S2. The fraction of sp³-hybridized carbons (Fsp3) is 0.467. The molecule has 7 nitrogen and oxygen atoms in total. The van der Waals surface area contributed by atoms with Crippen LogP contribution in [0.5, 0.6) is 0 Å². The second-order valence-corrected chi connectivity index (χ2v) is 5.83. The molecule has 0 aliphatic rings. The average molecular weight is 430 g/mol. The molecule has 0 spiro atoms. The summed E-state index contributed by atoms with van der Waals surface area (Å²) in [5.41, 5.74) is 8.08. The largest absolute Gasteiger partial charge is 1.00 e. The van der Waals surface area contributed by atoms with Gasteiger partial charge in [-0.1, -0.05) is 11.8 Å². The number of hydrogen-bond acceptors (Lipinski definition) is 6.